The molecule has 0 aromatic rings. The molecule has 2 N–H and O–H groups in total. The summed E-state index contributed by atoms with van der Waals surface area (Å²) in [4.78, 5) is 38.2. The minimum atomic E-state index is -0.519. The average Bonchev–Trinajstić information content (AvgIpc) is 2.64. The van der Waals surface area contributed by atoms with Gasteiger partial charge in [-0.3, -0.25) is 9.59 Å². The molecule has 1 aliphatic heterocycles. The Balaban J connectivity index is 1.57. The van der Waals surface area contributed by atoms with Gasteiger partial charge in [0.2, 0.25) is 11.8 Å². The number of alkyl carbamates (subject to hydrolysis) is 1. The fourth-order valence-corrected chi connectivity index (χ4v) is 3.91. The number of piperidine rings is 1. The Hall–Kier alpha value is -1.79. The van der Waals surface area contributed by atoms with Crippen molar-refractivity contribution in [2.75, 3.05) is 19.6 Å². The summed E-state index contributed by atoms with van der Waals surface area (Å²) in [6.07, 6.45) is 7.80. The first-order chi connectivity index (χ1) is 13.2. The number of hydrogen-bond donors (Lipinski definition) is 2. The monoisotopic (exact) mass is 395 g/mol. The van der Waals surface area contributed by atoms with Crippen LogP contribution in [0.15, 0.2) is 0 Å². The highest BCUT2D eigenvalue weighted by Crippen LogP contribution is 2.26. The van der Waals surface area contributed by atoms with Gasteiger partial charge in [-0.2, -0.15) is 0 Å². The Labute approximate surface area is 168 Å². The second kappa shape index (κ2) is 10.7. The summed E-state index contributed by atoms with van der Waals surface area (Å²) in [5.41, 5.74) is -0.519. The lowest BCUT2D eigenvalue weighted by molar-refractivity contribution is -0.137. The van der Waals surface area contributed by atoms with Gasteiger partial charge < -0.3 is 20.3 Å². The van der Waals surface area contributed by atoms with Crippen LogP contribution in [-0.4, -0.2) is 54.1 Å². The fourth-order valence-electron chi connectivity index (χ4n) is 3.91. The van der Waals surface area contributed by atoms with Crippen LogP contribution in [0.25, 0.3) is 0 Å². The summed E-state index contributed by atoms with van der Waals surface area (Å²) in [6, 6.07) is 0.140. The molecule has 0 aromatic carbocycles. The molecule has 0 unspecified atom stereocenters. The first-order valence-electron chi connectivity index (χ1n) is 10.8. The van der Waals surface area contributed by atoms with Crippen molar-refractivity contribution in [3.8, 4) is 0 Å². The molecule has 0 aromatic heterocycles. The molecular formula is C21H37N3O4. The lowest BCUT2D eigenvalue weighted by atomic mass is 9.87. The molecule has 0 bridgehead atoms. The second-order valence-corrected chi connectivity index (χ2v) is 9.03. The minimum absolute atomic E-state index is 0.00282. The zero-order valence-corrected chi connectivity index (χ0v) is 17.7. The van der Waals surface area contributed by atoms with Gasteiger partial charge in [0.15, 0.2) is 0 Å². The number of nitrogens with zero attached hydrogens (tertiary/aromatic N) is 1. The molecule has 7 nitrogen and oxygen atoms in total. The molecule has 0 spiro atoms. The Morgan fingerprint density at radius 2 is 1.64 bits per heavy atom. The van der Waals surface area contributed by atoms with Crippen LogP contribution in [0.1, 0.15) is 78.6 Å². The molecule has 2 rings (SSSR count). The summed E-state index contributed by atoms with van der Waals surface area (Å²) in [6.45, 7) is 7.33. The molecule has 1 heterocycles. The Morgan fingerprint density at radius 1 is 1.00 bits per heavy atom. The van der Waals surface area contributed by atoms with Gasteiger partial charge in [-0.05, 0) is 52.9 Å². The third-order valence-corrected chi connectivity index (χ3v) is 5.37. The van der Waals surface area contributed by atoms with Crippen molar-refractivity contribution in [2.24, 2.45) is 5.92 Å². The van der Waals surface area contributed by atoms with Gasteiger partial charge >= 0.3 is 6.09 Å². The number of nitrogens with one attached hydrogen (secondary N) is 2. The van der Waals surface area contributed by atoms with Crippen molar-refractivity contribution in [1.82, 2.24) is 15.5 Å². The Bertz CT molecular complexity index is 530. The normalized spacial score (nSPS) is 19.2. The van der Waals surface area contributed by atoms with E-state index in [0.717, 1.165) is 38.8 Å². The number of hydrogen-bond acceptors (Lipinski definition) is 4. The maximum absolute atomic E-state index is 12.6. The van der Waals surface area contributed by atoms with E-state index < -0.39 is 11.7 Å². The average molecular weight is 396 g/mol. The summed E-state index contributed by atoms with van der Waals surface area (Å²) in [5, 5.41) is 5.73. The van der Waals surface area contributed by atoms with Gasteiger partial charge in [0.05, 0.1) is 0 Å². The molecule has 160 valence electrons. The third kappa shape index (κ3) is 8.07. The number of carbonyl (C=O) groups is 3. The van der Waals surface area contributed by atoms with Crippen molar-refractivity contribution in [3.05, 3.63) is 0 Å². The minimum Gasteiger partial charge on any atom is -0.444 e. The van der Waals surface area contributed by atoms with Crippen LogP contribution in [0.5, 0.6) is 0 Å². The van der Waals surface area contributed by atoms with Gasteiger partial charge in [0.1, 0.15) is 5.60 Å². The van der Waals surface area contributed by atoms with Crippen molar-refractivity contribution in [1.29, 1.82) is 0 Å². The number of rotatable bonds is 6. The first-order valence-corrected chi connectivity index (χ1v) is 10.8. The largest absolute Gasteiger partial charge is 0.444 e. The van der Waals surface area contributed by atoms with Gasteiger partial charge in [0.25, 0.3) is 0 Å². The summed E-state index contributed by atoms with van der Waals surface area (Å²) < 4.78 is 5.16. The van der Waals surface area contributed by atoms with Crippen molar-refractivity contribution >= 4 is 17.9 Å². The van der Waals surface area contributed by atoms with Crippen LogP contribution in [0.2, 0.25) is 0 Å². The standard InChI is InChI=1S/C21H37N3O4/c1-21(2,3)28-20(27)22-13-7-10-18(25)23-17-11-14-24(15-12-17)19(26)16-8-5-4-6-9-16/h16-17H,4-15H2,1-3H3,(H,22,27)(H,23,25). The number of likely N-dealkylation sites (tertiary alicyclic amines) is 1. The number of ether oxygens (including phenoxy) is 1. The van der Waals surface area contributed by atoms with Crippen molar-refractivity contribution in [2.45, 2.75) is 90.2 Å². The van der Waals surface area contributed by atoms with Gasteiger partial charge in [-0.25, -0.2) is 4.79 Å². The van der Waals surface area contributed by atoms with Crippen LogP contribution >= 0.6 is 0 Å². The Morgan fingerprint density at radius 3 is 2.25 bits per heavy atom. The number of amides is 3. The van der Waals surface area contributed by atoms with E-state index in [1.54, 1.807) is 0 Å². The van der Waals surface area contributed by atoms with Gasteiger partial charge in [-0.15, -0.1) is 0 Å². The molecule has 0 radical (unpaired) electrons. The molecule has 7 heteroatoms. The van der Waals surface area contributed by atoms with Crippen molar-refractivity contribution in [3.63, 3.8) is 0 Å². The molecule has 1 saturated heterocycles. The van der Waals surface area contributed by atoms with Crippen LogP contribution in [0.4, 0.5) is 4.79 Å². The van der Waals surface area contributed by atoms with E-state index in [1.807, 2.05) is 25.7 Å². The van der Waals surface area contributed by atoms with E-state index >= 15 is 0 Å². The summed E-state index contributed by atoms with van der Waals surface area (Å²) in [5.74, 6) is 0.540. The fraction of sp³-hybridized carbons (Fsp3) is 0.857. The molecule has 28 heavy (non-hydrogen) atoms. The highest BCUT2D eigenvalue weighted by molar-refractivity contribution is 5.79. The van der Waals surface area contributed by atoms with Gasteiger partial charge in [-0.1, -0.05) is 19.3 Å². The molecule has 1 saturated carbocycles. The second-order valence-electron chi connectivity index (χ2n) is 9.03. The summed E-state index contributed by atoms with van der Waals surface area (Å²) in [7, 11) is 0. The van der Waals surface area contributed by atoms with E-state index in [4.69, 9.17) is 4.74 Å². The molecular weight excluding hydrogens is 358 g/mol. The maximum atomic E-state index is 12.6. The maximum Gasteiger partial charge on any atom is 0.407 e. The van der Waals surface area contributed by atoms with Gasteiger partial charge in [0, 0.05) is 38.0 Å². The van der Waals surface area contributed by atoms with Crippen LogP contribution < -0.4 is 10.6 Å². The van der Waals surface area contributed by atoms with Crippen LogP contribution in [-0.2, 0) is 14.3 Å². The SMILES string of the molecule is CC(C)(C)OC(=O)NCCCC(=O)NC1CCN(C(=O)C2CCCCC2)CC1. The predicted octanol–water partition coefficient (Wildman–Crippen LogP) is 2.98. The zero-order valence-electron chi connectivity index (χ0n) is 17.7. The molecule has 2 fully saturated rings. The highest BCUT2D eigenvalue weighted by Gasteiger charge is 2.29. The lowest BCUT2D eigenvalue weighted by Crippen LogP contribution is -2.48. The van der Waals surface area contributed by atoms with E-state index in [0.29, 0.717) is 25.3 Å². The van der Waals surface area contributed by atoms with Crippen molar-refractivity contribution < 1.29 is 19.1 Å². The van der Waals surface area contributed by atoms with E-state index in [-0.39, 0.29) is 17.9 Å². The molecule has 1 aliphatic carbocycles. The molecule has 3 amide bonds. The topological polar surface area (TPSA) is 87.7 Å². The third-order valence-electron chi connectivity index (χ3n) is 5.37. The summed E-state index contributed by atoms with van der Waals surface area (Å²) >= 11 is 0. The molecule has 0 atom stereocenters. The Kier molecular flexibility index (Phi) is 8.58. The smallest absolute Gasteiger partial charge is 0.407 e. The van der Waals surface area contributed by atoms with E-state index in [9.17, 15) is 14.4 Å². The zero-order chi connectivity index (χ0) is 20.6. The van der Waals surface area contributed by atoms with Crippen LogP contribution in [0, 0.1) is 5.92 Å². The van der Waals surface area contributed by atoms with E-state index in [1.165, 1.54) is 19.3 Å². The predicted molar refractivity (Wildman–Crippen MR) is 108 cm³/mol. The first kappa shape index (κ1) is 22.5. The van der Waals surface area contributed by atoms with E-state index in [2.05, 4.69) is 10.6 Å². The quantitative estimate of drug-likeness (QED) is 0.677. The number of carbonyl (C=O) groups excluding carboxylic acids is 3. The molecule has 2 aliphatic rings. The highest BCUT2D eigenvalue weighted by atomic mass is 16.6. The van der Waals surface area contributed by atoms with Crippen LogP contribution in [0.3, 0.4) is 0 Å². The lowest BCUT2D eigenvalue weighted by Gasteiger charge is -2.35.